The maximum absolute atomic E-state index is 13.0. The Balaban J connectivity index is 1.84. The molecule has 0 saturated carbocycles. The molecule has 0 bridgehead atoms. The van der Waals surface area contributed by atoms with Crippen molar-refractivity contribution in [3.05, 3.63) is 28.3 Å². The van der Waals surface area contributed by atoms with Crippen LogP contribution in [-0.4, -0.2) is 56.9 Å². The lowest BCUT2D eigenvalue weighted by Gasteiger charge is -2.32. The molecule has 1 aromatic carbocycles. The van der Waals surface area contributed by atoms with Gasteiger partial charge in [-0.1, -0.05) is 12.8 Å². The van der Waals surface area contributed by atoms with Crippen LogP contribution in [0.2, 0.25) is 0 Å². The van der Waals surface area contributed by atoms with Gasteiger partial charge in [0.25, 0.3) is 5.69 Å². The monoisotopic (exact) mass is 425 g/mol. The summed E-state index contributed by atoms with van der Waals surface area (Å²) in [5, 5.41) is 11.7. The van der Waals surface area contributed by atoms with Crippen LogP contribution in [0.1, 0.15) is 38.5 Å². The van der Waals surface area contributed by atoms with Crippen molar-refractivity contribution in [3.63, 3.8) is 0 Å². The topological polar surface area (TPSA) is 110 Å². The van der Waals surface area contributed by atoms with E-state index in [9.17, 15) is 23.3 Å². The van der Waals surface area contributed by atoms with E-state index in [1.165, 1.54) is 29.6 Å². The van der Waals surface area contributed by atoms with Crippen LogP contribution in [0.3, 0.4) is 0 Å². The fraction of sp³-hybridized carbons (Fsp3) is 0.632. The molecule has 2 heterocycles. The van der Waals surface area contributed by atoms with Gasteiger partial charge >= 0.3 is 5.97 Å². The van der Waals surface area contributed by atoms with Gasteiger partial charge in [-0.3, -0.25) is 14.9 Å². The number of esters is 1. The van der Waals surface area contributed by atoms with Gasteiger partial charge in [-0.25, -0.2) is 8.42 Å². The van der Waals surface area contributed by atoms with Crippen LogP contribution < -0.4 is 4.90 Å². The molecule has 29 heavy (non-hydrogen) atoms. The minimum atomic E-state index is -3.76. The van der Waals surface area contributed by atoms with Gasteiger partial charge in [0.05, 0.1) is 22.8 Å². The average Bonchev–Trinajstić information content (AvgIpc) is 3.03. The molecule has 2 fully saturated rings. The number of carbonyl (C=O) groups is 1. The van der Waals surface area contributed by atoms with Gasteiger partial charge in [0.1, 0.15) is 5.69 Å². The predicted molar refractivity (Wildman–Crippen MR) is 107 cm³/mol. The Labute approximate surface area is 170 Å². The van der Waals surface area contributed by atoms with E-state index in [1.54, 1.807) is 0 Å². The van der Waals surface area contributed by atoms with Crippen molar-refractivity contribution >= 4 is 27.4 Å². The molecule has 160 valence electrons. The first-order valence-electron chi connectivity index (χ1n) is 9.96. The smallest absolute Gasteiger partial charge is 0.308 e. The van der Waals surface area contributed by atoms with Gasteiger partial charge in [0.2, 0.25) is 10.0 Å². The van der Waals surface area contributed by atoms with Crippen molar-refractivity contribution < 1.29 is 22.9 Å². The highest BCUT2D eigenvalue weighted by Crippen LogP contribution is 2.34. The number of hydrogen-bond acceptors (Lipinski definition) is 7. The second-order valence-electron chi connectivity index (χ2n) is 7.51. The molecule has 0 aromatic heterocycles. The quantitative estimate of drug-likeness (QED) is 0.405. The highest BCUT2D eigenvalue weighted by Gasteiger charge is 2.31. The summed E-state index contributed by atoms with van der Waals surface area (Å²) in [5.41, 5.74) is 0.158. The second kappa shape index (κ2) is 9.08. The molecule has 0 unspecified atom stereocenters. The molecule has 0 aliphatic carbocycles. The zero-order valence-electron chi connectivity index (χ0n) is 16.6. The van der Waals surface area contributed by atoms with Gasteiger partial charge < -0.3 is 9.64 Å². The van der Waals surface area contributed by atoms with Gasteiger partial charge in [0, 0.05) is 32.2 Å². The number of piperidine rings is 1. The number of ether oxygens (including phenoxy) is 1. The van der Waals surface area contributed by atoms with Crippen LogP contribution in [0.4, 0.5) is 11.4 Å². The summed E-state index contributed by atoms with van der Waals surface area (Å²) < 4.78 is 32.2. The second-order valence-corrected chi connectivity index (χ2v) is 9.45. The van der Waals surface area contributed by atoms with Gasteiger partial charge in [-0.2, -0.15) is 4.31 Å². The molecule has 0 amide bonds. The largest absolute Gasteiger partial charge is 0.469 e. The van der Waals surface area contributed by atoms with E-state index in [0.29, 0.717) is 44.7 Å². The first kappa shape index (κ1) is 21.5. The maximum Gasteiger partial charge on any atom is 0.308 e. The molecule has 3 rings (SSSR count). The molecule has 0 radical (unpaired) electrons. The lowest BCUT2D eigenvalue weighted by atomic mass is 9.96. The van der Waals surface area contributed by atoms with Crippen molar-refractivity contribution in [2.75, 3.05) is 38.2 Å². The third-order valence-corrected chi connectivity index (χ3v) is 7.61. The Morgan fingerprint density at radius 2 is 1.72 bits per heavy atom. The molecule has 10 heteroatoms. The highest BCUT2D eigenvalue weighted by molar-refractivity contribution is 7.89. The average molecular weight is 426 g/mol. The number of nitro groups is 1. The zero-order chi connectivity index (χ0) is 21.0. The van der Waals surface area contributed by atoms with Crippen LogP contribution in [0.5, 0.6) is 0 Å². The van der Waals surface area contributed by atoms with Crippen molar-refractivity contribution in [1.29, 1.82) is 0 Å². The molecule has 0 spiro atoms. The Kier molecular flexibility index (Phi) is 6.74. The molecule has 0 atom stereocenters. The Morgan fingerprint density at radius 1 is 1.10 bits per heavy atom. The third-order valence-electron chi connectivity index (χ3n) is 5.72. The number of nitro benzene ring substituents is 1. The van der Waals surface area contributed by atoms with E-state index in [0.717, 1.165) is 25.7 Å². The fourth-order valence-electron chi connectivity index (χ4n) is 4.03. The van der Waals surface area contributed by atoms with Gasteiger partial charge in [-0.15, -0.1) is 0 Å². The Morgan fingerprint density at radius 3 is 2.28 bits per heavy atom. The molecule has 1 aromatic rings. The first-order valence-corrected chi connectivity index (χ1v) is 11.4. The number of nitrogens with zero attached hydrogens (tertiary/aromatic N) is 3. The number of benzene rings is 1. The van der Waals surface area contributed by atoms with Gasteiger partial charge in [-0.05, 0) is 37.8 Å². The number of methoxy groups -OCH3 is 1. The molecular weight excluding hydrogens is 398 g/mol. The van der Waals surface area contributed by atoms with Crippen LogP contribution >= 0.6 is 0 Å². The highest BCUT2D eigenvalue weighted by atomic mass is 32.2. The lowest BCUT2D eigenvalue weighted by molar-refractivity contribution is -0.384. The third kappa shape index (κ3) is 4.69. The predicted octanol–water partition coefficient (Wildman–Crippen LogP) is 2.55. The first-order chi connectivity index (χ1) is 13.8. The van der Waals surface area contributed by atoms with E-state index in [4.69, 9.17) is 4.74 Å². The molecular formula is C19H27N3O6S. The van der Waals surface area contributed by atoms with Crippen LogP contribution in [0, 0.1) is 16.0 Å². The van der Waals surface area contributed by atoms with Gasteiger partial charge in [0.15, 0.2) is 0 Å². The number of rotatable bonds is 5. The van der Waals surface area contributed by atoms with Crippen LogP contribution in [0.15, 0.2) is 23.1 Å². The Bertz CT molecular complexity index is 857. The minimum absolute atomic E-state index is 0.0423. The number of sulfonamides is 1. The molecule has 2 aliphatic heterocycles. The van der Waals surface area contributed by atoms with E-state index in [-0.39, 0.29) is 22.5 Å². The zero-order valence-corrected chi connectivity index (χ0v) is 17.4. The molecule has 2 aliphatic rings. The summed E-state index contributed by atoms with van der Waals surface area (Å²) in [6.07, 6.45) is 4.66. The van der Waals surface area contributed by atoms with Crippen molar-refractivity contribution in [2.45, 2.75) is 43.4 Å². The molecule has 0 N–H and O–H groups in total. The summed E-state index contributed by atoms with van der Waals surface area (Å²) in [4.78, 5) is 24.6. The van der Waals surface area contributed by atoms with Crippen molar-refractivity contribution in [3.8, 4) is 0 Å². The minimum Gasteiger partial charge on any atom is -0.469 e. The maximum atomic E-state index is 13.0. The SMILES string of the molecule is COC(=O)C1CCN(c2ccc(S(=O)(=O)N3CCCCCC3)cc2[N+](=O)[O-])CC1. The van der Waals surface area contributed by atoms with E-state index >= 15 is 0 Å². The number of hydrogen-bond donors (Lipinski definition) is 0. The van der Waals surface area contributed by atoms with Crippen molar-refractivity contribution in [2.24, 2.45) is 5.92 Å². The van der Waals surface area contributed by atoms with Crippen LogP contribution in [0.25, 0.3) is 0 Å². The lowest BCUT2D eigenvalue weighted by Crippen LogP contribution is -2.37. The number of anilines is 1. The van der Waals surface area contributed by atoms with E-state index in [2.05, 4.69) is 0 Å². The summed E-state index contributed by atoms with van der Waals surface area (Å²) in [6, 6.07) is 4.14. The van der Waals surface area contributed by atoms with E-state index in [1.807, 2.05) is 4.90 Å². The normalized spacial score (nSPS) is 19.6. The standard InChI is InChI=1S/C19H27N3O6S/c1-28-19(23)15-8-12-20(13-9-15)17-7-6-16(14-18(17)22(24)25)29(26,27)21-10-4-2-3-5-11-21/h6-7,14-15H,2-5,8-13H2,1H3. The number of carbonyl (C=O) groups excluding carboxylic acids is 1. The van der Waals surface area contributed by atoms with Crippen molar-refractivity contribution in [1.82, 2.24) is 4.31 Å². The molecule has 9 nitrogen and oxygen atoms in total. The fourth-order valence-corrected chi connectivity index (χ4v) is 5.57. The van der Waals surface area contributed by atoms with E-state index < -0.39 is 14.9 Å². The Hall–Kier alpha value is -2.20. The summed E-state index contributed by atoms with van der Waals surface area (Å²) in [6.45, 7) is 1.83. The summed E-state index contributed by atoms with van der Waals surface area (Å²) in [5.74, 6) is -0.476. The summed E-state index contributed by atoms with van der Waals surface area (Å²) in [7, 11) is -2.41. The molecule has 2 saturated heterocycles. The summed E-state index contributed by atoms with van der Waals surface area (Å²) >= 11 is 0. The van der Waals surface area contributed by atoms with Crippen LogP contribution in [-0.2, 0) is 19.6 Å².